The predicted octanol–water partition coefficient (Wildman–Crippen LogP) is 3.86. The number of hydrogen-bond acceptors (Lipinski definition) is 4. The first kappa shape index (κ1) is 19.1. The number of nitrogens with one attached hydrogen (secondary N) is 1. The molecular weight excluding hydrogens is 358 g/mol. The number of ether oxygens (including phenoxy) is 1. The zero-order valence-corrected chi connectivity index (χ0v) is 16.1. The van der Waals surface area contributed by atoms with Gasteiger partial charge in [-0.1, -0.05) is 48.5 Å². The lowest BCUT2D eigenvalue weighted by atomic mass is 10.1. The van der Waals surface area contributed by atoms with Crippen LogP contribution in [-0.2, 0) is 22.8 Å². The van der Waals surface area contributed by atoms with Crippen LogP contribution in [0.15, 0.2) is 88.7 Å². The molecule has 140 valence electrons. The van der Waals surface area contributed by atoms with Crippen molar-refractivity contribution in [3.8, 4) is 5.75 Å². The van der Waals surface area contributed by atoms with Crippen LogP contribution in [0.4, 0.5) is 0 Å². The molecule has 0 atom stereocenters. The fraction of sp³-hybridized carbons (Fsp3) is 0.182. The fourth-order valence-corrected chi connectivity index (χ4v) is 4.10. The number of methoxy groups -OCH3 is 1. The summed E-state index contributed by atoms with van der Waals surface area (Å²) in [5.41, 5.74) is 2.34. The molecule has 27 heavy (non-hydrogen) atoms. The maximum absolute atomic E-state index is 12.8. The van der Waals surface area contributed by atoms with Gasteiger partial charge in [-0.2, -0.15) is 0 Å². The summed E-state index contributed by atoms with van der Waals surface area (Å²) in [7, 11) is -2.02. The lowest BCUT2D eigenvalue weighted by Crippen LogP contribution is -2.16. The fourth-order valence-electron chi connectivity index (χ4n) is 2.80. The van der Waals surface area contributed by atoms with Crippen LogP contribution in [0.3, 0.4) is 0 Å². The van der Waals surface area contributed by atoms with Gasteiger partial charge in [0.25, 0.3) is 0 Å². The molecule has 0 saturated heterocycles. The van der Waals surface area contributed by atoms with Gasteiger partial charge in [-0.3, -0.25) is 0 Å². The first-order valence-corrected chi connectivity index (χ1v) is 10.3. The number of rotatable bonds is 8. The summed E-state index contributed by atoms with van der Waals surface area (Å²) in [4.78, 5) is 0.524. The third kappa shape index (κ3) is 4.96. The molecule has 0 amide bonds. The largest absolute Gasteiger partial charge is 0.497 e. The van der Waals surface area contributed by atoms with E-state index >= 15 is 0 Å². The van der Waals surface area contributed by atoms with Crippen molar-refractivity contribution >= 4 is 9.84 Å². The molecule has 0 aliphatic rings. The van der Waals surface area contributed by atoms with Gasteiger partial charge in [-0.15, -0.1) is 0 Å². The summed E-state index contributed by atoms with van der Waals surface area (Å²) in [6.45, 7) is 1.65. The lowest BCUT2D eigenvalue weighted by Gasteiger charge is -2.08. The summed E-state index contributed by atoms with van der Waals surface area (Å²) in [6, 6.07) is 23.8. The summed E-state index contributed by atoms with van der Waals surface area (Å²) in [6.07, 6.45) is 0.840. The van der Waals surface area contributed by atoms with Crippen LogP contribution in [0, 0.1) is 0 Å². The zero-order chi connectivity index (χ0) is 19.1. The molecule has 0 fully saturated rings. The van der Waals surface area contributed by atoms with Gasteiger partial charge in [0.1, 0.15) is 5.75 Å². The highest BCUT2D eigenvalue weighted by molar-refractivity contribution is 7.91. The third-order valence-corrected chi connectivity index (χ3v) is 6.11. The molecule has 4 nitrogen and oxygen atoms in total. The second kappa shape index (κ2) is 8.84. The molecule has 3 rings (SSSR count). The first-order chi connectivity index (χ1) is 13.1. The number of hydrogen-bond donors (Lipinski definition) is 1. The SMILES string of the molecule is COc1cccc(S(=O)(=O)c2ccc(CCNCc3ccccc3)cc2)c1. The van der Waals surface area contributed by atoms with Crippen molar-refractivity contribution < 1.29 is 13.2 Å². The van der Waals surface area contributed by atoms with Crippen molar-refractivity contribution in [3.05, 3.63) is 90.0 Å². The van der Waals surface area contributed by atoms with E-state index in [2.05, 4.69) is 17.4 Å². The third-order valence-electron chi connectivity index (χ3n) is 4.35. The van der Waals surface area contributed by atoms with Crippen LogP contribution in [-0.4, -0.2) is 22.1 Å². The topological polar surface area (TPSA) is 55.4 Å². The normalized spacial score (nSPS) is 11.3. The summed E-state index contributed by atoms with van der Waals surface area (Å²) in [5, 5.41) is 3.40. The molecule has 0 unspecified atom stereocenters. The quantitative estimate of drug-likeness (QED) is 0.602. The highest BCUT2D eigenvalue weighted by Crippen LogP contribution is 2.24. The van der Waals surface area contributed by atoms with E-state index in [1.165, 1.54) is 18.7 Å². The van der Waals surface area contributed by atoms with Gasteiger partial charge in [0.2, 0.25) is 9.84 Å². The Morgan fingerprint density at radius 3 is 2.26 bits per heavy atom. The van der Waals surface area contributed by atoms with E-state index in [0.717, 1.165) is 25.1 Å². The minimum atomic E-state index is -3.55. The van der Waals surface area contributed by atoms with Crippen molar-refractivity contribution in [3.63, 3.8) is 0 Å². The Labute approximate surface area is 160 Å². The molecule has 0 aliphatic heterocycles. The molecule has 0 bridgehead atoms. The average molecular weight is 381 g/mol. The van der Waals surface area contributed by atoms with E-state index in [1.807, 2.05) is 30.3 Å². The monoisotopic (exact) mass is 381 g/mol. The van der Waals surface area contributed by atoms with Crippen LogP contribution < -0.4 is 10.1 Å². The van der Waals surface area contributed by atoms with E-state index < -0.39 is 9.84 Å². The highest BCUT2D eigenvalue weighted by atomic mass is 32.2. The van der Waals surface area contributed by atoms with Gasteiger partial charge >= 0.3 is 0 Å². The van der Waals surface area contributed by atoms with Crippen molar-refractivity contribution in [1.82, 2.24) is 5.32 Å². The molecule has 1 N–H and O–H groups in total. The van der Waals surface area contributed by atoms with E-state index in [9.17, 15) is 8.42 Å². The molecule has 5 heteroatoms. The maximum atomic E-state index is 12.8. The van der Waals surface area contributed by atoms with Gasteiger partial charge in [0.05, 0.1) is 16.9 Å². The van der Waals surface area contributed by atoms with E-state index in [4.69, 9.17) is 4.74 Å². The Morgan fingerprint density at radius 2 is 1.56 bits per heavy atom. The molecule has 3 aromatic carbocycles. The van der Waals surface area contributed by atoms with Crippen LogP contribution in [0.5, 0.6) is 5.75 Å². The minimum absolute atomic E-state index is 0.235. The standard InChI is InChI=1S/C22H23NO3S/c1-26-20-8-5-9-22(16-20)27(24,25)21-12-10-18(11-13-21)14-15-23-17-19-6-3-2-4-7-19/h2-13,16,23H,14-15,17H2,1H3. The Morgan fingerprint density at radius 1 is 0.815 bits per heavy atom. The van der Waals surface area contributed by atoms with Crippen molar-refractivity contribution in [1.29, 1.82) is 0 Å². The van der Waals surface area contributed by atoms with Gasteiger partial charge < -0.3 is 10.1 Å². The molecule has 3 aromatic rings. The molecule has 0 spiro atoms. The zero-order valence-electron chi connectivity index (χ0n) is 15.3. The van der Waals surface area contributed by atoms with Crippen molar-refractivity contribution in [2.24, 2.45) is 0 Å². The Bertz CT molecular complexity index is 968. The second-order valence-corrected chi connectivity index (χ2v) is 8.19. The van der Waals surface area contributed by atoms with Crippen LogP contribution >= 0.6 is 0 Å². The van der Waals surface area contributed by atoms with Crippen LogP contribution in [0.1, 0.15) is 11.1 Å². The van der Waals surface area contributed by atoms with Crippen LogP contribution in [0.25, 0.3) is 0 Å². The van der Waals surface area contributed by atoms with E-state index in [1.54, 1.807) is 30.3 Å². The molecule has 0 aliphatic carbocycles. The Balaban J connectivity index is 1.60. The van der Waals surface area contributed by atoms with Gasteiger partial charge in [-0.05, 0) is 54.4 Å². The van der Waals surface area contributed by atoms with Crippen LogP contribution in [0.2, 0.25) is 0 Å². The summed E-state index contributed by atoms with van der Waals surface area (Å²) < 4.78 is 30.6. The number of benzene rings is 3. The van der Waals surface area contributed by atoms with Gasteiger partial charge in [0, 0.05) is 6.54 Å². The lowest BCUT2D eigenvalue weighted by molar-refractivity contribution is 0.413. The van der Waals surface area contributed by atoms with Gasteiger partial charge in [-0.25, -0.2) is 8.42 Å². The number of sulfone groups is 1. The van der Waals surface area contributed by atoms with Crippen molar-refractivity contribution in [2.45, 2.75) is 22.8 Å². The predicted molar refractivity (Wildman–Crippen MR) is 107 cm³/mol. The molecule has 0 heterocycles. The first-order valence-electron chi connectivity index (χ1n) is 8.82. The van der Waals surface area contributed by atoms with E-state index in [-0.39, 0.29) is 9.79 Å². The van der Waals surface area contributed by atoms with E-state index in [0.29, 0.717) is 5.75 Å². The Hall–Kier alpha value is -2.63. The molecular formula is C22H23NO3S. The van der Waals surface area contributed by atoms with Crippen molar-refractivity contribution in [2.75, 3.05) is 13.7 Å². The second-order valence-electron chi connectivity index (χ2n) is 6.24. The highest BCUT2D eigenvalue weighted by Gasteiger charge is 2.18. The smallest absolute Gasteiger partial charge is 0.206 e. The molecule has 0 aromatic heterocycles. The molecule has 0 radical (unpaired) electrons. The molecule has 0 saturated carbocycles. The Kier molecular flexibility index (Phi) is 6.27. The minimum Gasteiger partial charge on any atom is -0.497 e. The summed E-state index contributed by atoms with van der Waals surface area (Å²) >= 11 is 0. The summed E-state index contributed by atoms with van der Waals surface area (Å²) in [5.74, 6) is 0.525. The maximum Gasteiger partial charge on any atom is 0.206 e. The van der Waals surface area contributed by atoms with Gasteiger partial charge in [0.15, 0.2) is 0 Å². The average Bonchev–Trinajstić information content (AvgIpc) is 2.72.